The van der Waals surface area contributed by atoms with Gasteiger partial charge in [-0.3, -0.25) is 4.79 Å². The monoisotopic (exact) mass is 351 g/mol. The molecule has 25 heavy (non-hydrogen) atoms. The standard InChI is InChI=1S/C21H18ClNO2/c1-25-20-4-2-3-16(13-20)5-6-17-9-12-21(24)23(14-17)15-18-7-10-19(22)11-8-18/h2-14H,15H2,1H3/b6-5-. The minimum absolute atomic E-state index is 0.0338. The molecule has 126 valence electrons. The number of halogens is 1. The summed E-state index contributed by atoms with van der Waals surface area (Å²) in [5.41, 5.74) is 2.99. The summed E-state index contributed by atoms with van der Waals surface area (Å²) in [6.07, 6.45) is 5.83. The number of rotatable bonds is 5. The van der Waals surface area contributed by atoms with E-state index in [4.69, 9.17) is 16.3 Å². The van der Waals surface area contributed by atoms with E-state index in [1.54, 1.807) is 17.7 Å². The normalized spacial score (nSPS) is 11.0. The molecular weight excluding hydrogens is 334 g/mol. The molecule has 0 atom stereocenters. The molecule has 0 aliphatic rings. The molecule has 0 spiro atoms. The summed E-state index contributed by atoms with van der Waals surface area (Å²) in [6, 6.07) is 18.7. The first-order valence-electron chi connectivity index (χ1n) is 7.91. The van der Waals surface area contributed by atoms with E-state index in [0.717, 1.165) is 22.4 Å². The molecule has 0 radical (unpaired) electrons. The SMILES string of the molecule is COc1cccc(/C=C\c2ccc(=O)n(Cc3ccc(Cl)cc3)c2)c1. The second-order valence-corrected chi connectivity index (χ2v) is 6.10. The van der Waals surface area contributed by atoms with Gasteiger partial charge < -0.3 is 9.30 Å². The Kier molecular flexibility index (Phi) is 5.36. The van der Waals surface area contributed by atoms with Crippen LogP contribution in [0.2, 0.25) is 5.02 Å². The lowest BCUT2D eigenvalue weighted by Gasteiger charge is -2.07. The highest BCUT2D eigenvalue weighted by Crippen LogP contribution is 2.15. The first-order chi connectivity index (χ1) is 12.1. The number of hydrogen-bond donors (Lipinski definition) is 0. The number of benzene rings is 2. The fourth-order valence-corrected chi connectivity index (χ4v) is 2.62. The van der Waals surface area contributed by atoms with Gasteiger partial charge >= 0.3 is 0 Å². The molecular formula is C21H18ClNO2. The van der Waals surface area contributed by atoms with E-state index in [1.165, 1.54) is 0 Å². The molecule has 0 saturated heterocycles. The van der Waals surface area contributed by atoms with Crippen molar-refractivity contribution in [1.29, 1.82) is 0 Å². The minimum atomic E-state index is -0.0338. The molecule has 1 heterocycles. The van der Waals surface area contributed by atoms with Crippen molar-refractivity contribution in [3.8, 4) is 5.75 Å². The second-order valence-electron chi connectivity index (χ2n) is 5.66. The summed E-state index contributed by atoms with van der Waals surface area (Å²) >= 11 is 5.91. The zero-order valence-electron chi connectivity index (χ0n) is 13.9. The molecule has 3 rings (SSSR count). The quantitative estimate of drug-likeness (QED) is 0.665. The fraction of sp³-hybridized carbons (Fsp3) is 0.0952. The third-order valence-electron chi connectivity index (χ3n) is 3.83. The third-order valence-corrected chi connectivity index (χ3v) is 4.09. The van der Waals surface area contributed by atoms with Gasteiger partial charge in [-0.15, -0.1) is 0 Å². The van der Waals surface area contributed by atoms with Gasteiger partial charge in [-0.2, -0.15) is 0 Å². The lowest BCUT2D eigenvalue weighted by molar-refractivity contribution is 0.414. The van der Waals surface area contributed by atoms with Crippen LogP contribution in [0.4, 0.5) is 0 Å². The Labute approximate surface area is 151 Å². The summed E-state index contributed by atoms with van der Waals surface area (Å²) in [4.78, 5) is 12.1. The van der Waals surface area contributed by atoms with Crippen LogP contribution in [0.1, 0.15) is 16.7 Å². The Bertz CT molecular complexity index is 943. The summed E-state index contributed by atoms with van der Waals surface area (Å²) < 4.78 is 6.92. The predicted molar refractivity (Wildman–Crippen MR) is 103 cm³/mol. The van der Waals surface area contributed by atoms with E-state index in [1.807, 2.05) is 72.9 Å². The Morgan fingerprint density at radius 3 is 2.52 bits per heavy atom. The summed E-state index contributed by atoms with van der Waals surface area (Å²) in [5.74, 6) is 0.815. The van der Waals surface area contributed by atoms with Gasteiger partial charge in [-0.25, -0.2) is 0 Å². The topological polar surface area (TPSA) is 31.2 Å². The van der Waals surface area contributed by atoms with Crippen LogP contribution in [0.15, 0.2) is 71.7 Å². The highest BCUT2D eigenvalue weighted by molar-refractivity contribution is 6.30. The van der Waals surface area contributed by atoms with Crippen molar-refractivity contribution < 1.29 is 4.74 Å². The number of nitrogens with zero attached hydrogens (tertiary/aromatic N) is 1. The largest absolute Gasteiger partial charge is 0.497 e. The maximum absolute atomic E-state index is 12.1. The highest BCUT2D eigenvalue weighted by atomic mass is 35.5. The zero-order chi connectivity index (χ0) is 17.6. The van der Waals surface area contributed by atoms with Gasteiger partial charge in [-0.05, 0) is 47.0 Å². The van der Waals surface area contributed by atoms with E-state index >= 15 is 0 Å². The van der Waals surface area contributed by atoms with Gasteiger partial charge in [0, 0.05) is 17.3 Å². The summed E-state index contributed by atoms with van der Waals surface area (Å²) in [5, 5.41) is 0.686. The zero-order valence-corrected chi connectivity index (χ0v) is 14.6. The van der Waals surface area contributed by atoms with Crippen molar-refractivity contribution >= 4 is 23.8 Å². The van der Waals surface area contributed by atoms with Gasteiger partial charge in [-0.1, -0.05) is 48.0 Å². The maximum atomic E-state index is 12.1. The van der Waals surface area contributed by atoms with Gasteiger partial charge in [0.1, 0.15) is 5.75 Å². The van der Waals surface area contributed by atoms with Crippen LogP contribution in [0.25, 0.3) is 12.2 Å². The molecule has 0 aliphatic carbocycles. The van der Waals surface area contributed by atoms with Gasteiger partial charge in [0.25, 0.3) is 5.56 Å². The maximum Gasteiger partial charge on any atom is 0.250 e. The first kappa shape index (κ1) is 17.1. The van der Waals surface area contributed by atoms with Crippen molar-refractivity contribution in [2.24, 2.45) is 0 Å². The van der Waals surface area contributed by atoms with Crippen LogP contribution in [0, 0.1) is 0 Å². The number of pyridine rings is 1. The molecule has 0 N–H and O–H groups in total. The van der Waals surface area contributed by atoms with E-state index in [9.17, 15) is 4.79 Å². The molecule has 1 aromatic heterocycles. The van der Waals surface area contributed by atoms with E-state index < -0.39 is 0 Å². The molecule has 0 fully saturated rings. The van der Waals surface area contributed by atoms with E-state index in [-0.39, 0.29) is 5.56 Å². The molecule has 0 saturated carbocycles. The smallest absolute Gasteiger partial charge is 0.250 e. The van der Waals surface area contributed by atoms with E-state index in [2.05, 4.69) is 0 Å². The average molecular weight is 352 g/mol. The number of methoxy groups -OCH3 is 1. The number of aromatic nitrogens is 1. The molecule has 4 heteroatoms. The Balaban J connectivity index is 1.82. The number of ether oxygens (including phenoxy) is 1. The van der Waals surface area contributed by atoms with Gasteiger partial charge in [0.2, 0.25) is 0 Å². The van der Waals surface area contributed by atoms with Crippen molar-refractivity contribution in [1.82, 2.24) is 4.57 Å². The summed E-state index contributed by atoms with van der Waals surface area (Å²) in [6.45, 7) is 0.511. The Morgan fingerprint density at radius 2 is 1.76 bits per heavy atom. The van der Waals surface area contributed by atoms with Crippen LogP contribution in [0.3, 0.4) is 0 Å². The molecule has 0 amide bonds. The van der Waals surface area contributed by atoms with Crippen LogP contribution in [0.5, 0.6) is 5.75 Å². The van der Waals surface area contributed by atoms with Crippen molar-refractivity contribution in [2.45, 2.75) is 6.54 Å². The first-order valence-corrected chi connectivity index (χ1v) is 8.29. The molecule has 0 bridgehead atoms. The average Bonchev–Trinajstić information content (AvgIpc) is 2.64. The van der Waals surface area contributed by atoms with Crippen LogP contribution in [-0.2, 0) is 6.54 Å². The summed E-state index contributed by atoms with van der Waals surface area (Å²) in [7, 11) is 1.65. The van der Waals surface area contributed by atoms with Crippen LogP contribution < -0.4 is 10.3 Å². The molecule has 3 aromatic rings. The molecule has 0 aliphatic heterocycles. The highest BCUT2D eigenvalue weighted by Gasteiger charge is 2.00. The number of hydrogen-bond acceptors (Lipinski definition) is 2. The van der Waals surface area contributed by atoms with Crippen LogP contribution >= 0.6 is 11.6 Å². The Hall–Kier alpha value is -2.78. The fourth-order valence-electron chi connectivity index (χ4n) is 2.50. The van der Waals surface area contributed by atoms with Crippen molar-refractivity contribution in [2.75, 3.05) is 7.11 Å². The van der Waals surface area contributed by atoms with Crippen LogP contribution in [-0.4, -0.2) is 11.7 Å². The lowest BCUT2D eigenvalue weighted by Crippen LogP contribution is -2.19. The van der Waals surface area contributed by atoms with E-state index in [0.29, 0.717) is 11.6 Å². The molecule has 2 aromatic carbocycles. The molecule has 0 unspecified atom stereocenters. The second kappa shape index (κ2) is 7.86. The van der Waals surface area contributed by atoms with Crippen molar-refractivity contribution in [3.63, 3.8) is 0 Å². The van der Waals surface area contributed by atoms with Gasteiger partial charge in [0.15, 0.2) is 0 Å². The lowest BCUT2D eigenvalue weighted by atomic mass is 10.1. The Morgan fingerprint density at radius 1 is 1.00 bits per heavy atom. The van der Waals surface area contributed by atoms with Gasteiger partial charge in [0.05, 0.1) is 13.7 Å². The third kappa shape index (κ3) is 4.61. The van der Waals surface area contributed by atoms with Crippen molar-refractivity contribution in [3.05, 3.63) is 98.9 Å². The predicted octanol–water partition coefficient (Wildman–Crippen LogP) is 4.73. The molecule has 3 nitrogen and oxygen atoms in total. The minimum Gasteiger partial charge on any atom is -0.497 e.